The van der Waals surface area contributed by atoms with Crippen LogP contribution in [0.1, 0.15) is 51.6 Å². The van der Waals surface area contributed by atoms with Crippen LogP contribution in [-0.4, -0.2) is 31.1 Å². The number of nitrogens with zero attached hydrogens (tertiary/aromatic N) is 1. The number of nitrogens with one attached hydrogen (secondary N) is 1. The third-order valence-electron chi connectivity index (χ3n) is 3.80. The van der Waals surface area contributed by atoms with E-state index < -0.39 is 0 Å². The molecule has 2 nitrogen and oxygen atoms in total. The Morgan fingerprint density at radius 2 is 2.00 bits per heavy atom. The molecule has 1 N–H and O–H groups in total. The smallest absolute Gasteiger partial charge is 0.0465 e. The van der Waals surface area contributed by atoms with E-state index in [1.807, 2.05) is 6.07 Å². The van der Waals surface area contributed by atoms with E-state index in [1.54, 1.807) is 0 Å². The van der Waals surface area contributed by atoms with Gasteiger partial charge in [-0.05, 0) is 56.7 Å². The van der Waals surface area contributed by atoms with Gasteiger partial charge < -0.3 is 10.2 Å². The highest BCUT2D eigenvalue weighted by molar-refractivity contribution is 9.10. The van der Waals surface area contributed by atoms with E-state index >= 15 is 0 Å². The van der Waals surface area contributed by atoms with Gasteiger partial charge in [0, 0.05) is 15.5 Å². The third-order valence-corrected chi connectivity index (χ3v) is 4.62. The van der Waals surface area contributed by atoms with Crippen LogP contribution in [0, 0.1) is 0 Å². The Balaban J connectivity index is 2.68. The Morgan fingerprint density at radius 3 is 2.57 bits per heavy atom. The van der Waals surface area contributed by atoms with Crippen LogP contribution < -0.4 is 5.32 Å². The van der Waals surface area contributed by atoms with Gasteiger partial charge in [-0.25, -0.2) is 0 Å². The predicted octanol–water partition coefficient (Wildman–Crippen LogP) is 5.27. The lowest BCUT2D eigenvalue weighted by Gasteiger charge is -2.25. The summed E-state index contributed by atoms with van der Waals surface area (Å²) in [5.74, 6) is 0. The summed E-state index contributed by atoms with van der Waals surface area (Å²) in [7, 11) is 0. The van der Waals surface area contributed by atoms with Crippen LogP contribution in [0.4, 0.5) is 0 Å². The van der Waals surface area contributed by atoms with E-state index in [0.717, 1.165) is 35.6 Å². The monoisotopic (exact) mass is 374 g/mol. The van der Waals surface area contributed by atoms with Crippen LogP contribution in [0.5, 0.6) is 0 Å². The minimum absolute atomic E-state index is 0.325. The third kappa shape index (κ3) is 6.68. The zero-order chi connectivity index (χ0) is 15.7. The van der Waals surface area contributed by atoms with Crippen molar-refractivity contribution in [2.45, 2.75) is 46.1 Å². The molecule has 1 aromatic rings. The Labute approximate surface area is 143 Å². The Hall–Kier alpha value is -0.0900. The lowest BCUT2D eigenvalue weighted by Crippen LogP contribution is -2.30. The van der Waals surface area contributed by atoms with E-state index in [9.17, 15) is 0 Å². The van der Waals surface area contributed by atoms with Crippen molar-refractivity contribution < 1.29 is 0 Å². The lowest BCUT2D eigenvalue weighted by molar-refractivity contribution is 0.265. The Kier molecular flexibility index (Phi) is 9.57. The van der Waals surface area contributed by atoms with Gasteiger partial charge >= 0.3 is 0 Å². The van der Waals surface area contributed by atoms with Crippen molar-refractivity contribution in [3.05, 3.63) is 33.3 Å². The molecule has 1 atom stereocenters. The zero-order valence-electron chi connectivity index (χ0n) is 13.5. The summed E-state index contributed by atoms with van der Waals surface area (Å²) < 4.78 is 1.03. The summed E-state index contributed by atoms with van der Waals surface area (Å²) in [6.45, 7) is 11.0. The van der Waals surface area contributed by atoms with Crippen molar-refractivity contribution in [1.82, 2.24) is 10.2 Å². The summed E-state index contributed by atoms with van der Waals surface area (Å²) in [6.07, 6.45) is 3.62. The number of unbranched alkanes of at least 4 members (excludes halogenated alkanes) is 1. The summed E-state index contributed by atoms with van der Waals surface area (Å²) in [6, 6.07) is 6.50. The van der Waals surface area contributed by atoms with E-state index in [1.165, 1.54) is 24.9 Å². The topological polar surface area (TPSA) is 15.3 Å². The molecule has 0 heterocycles. The maximum atomic E-state index is 6.41. The highest BCUT2D eigenvalue weighted by atomic mass is 79.9. The molecule has 0 amide bonds. The number of halogens is 2. The van der Waals surface area contributed by atoms with Gasteiger partial charge in [0.25, 0.3) is 0 Å². The molecular formula is C17H28BrClN2. The maximum Gasteiger partial charge on any atom is 0.0465 e. The van der Waals surface area contributed by atoms with Crippen LogP contribution in [0.25, 0.3) is 0 Å². The highest BCUT2D eigenvalue weighted by Gasteiger charge is 2.15. The van der Waals surface area contributed by atoms with Crippen LogP contribution >= 0.6 is 27.5 Å². The average molecular weight is 376 g/mol. The molecule has 0 aliphatic rings. The SMILES string of the molecule is CCCCN(CC)CCC(NCC)c1ccc(Br)cc1Cl. The fourth-order valence-electron chi connectivity index (χ4n) is 2.52. The van der Waals surface area contributed by atoms with Crippen molar-refractivity contribution >= 4 is 27.5 Å². The van der Waals surface area contributed by atoms with Gasteiger partial charge in [0.1, 0.15) is 0 Å². The highest BCUT2D eigenvalue weighted by Crippen LogP contribution is 2.28. The van der Waals surface area contributed by atoms with Gasteiger partial charge in [-0.2, -0.15) is 0 Å². The Morgan fingerprint density at radius 1 is 1.24 bits per heavy atom. The average Bonchev–Trinajstić information content (AvgIpc) is 2.46. The van der Waals surface area contributed by atoms with E-state index in [4.69, 9.17) is 11.6 Å². The first kappa shape index (κ1) is 19.0. The van der Waals surface area contributed by atoms with Gasteiger partial charge in [0.05, 0.1) is 0 Å². The molecule has 120 valence electrons. The zero-order valence-corrected chi connectivity index (χ0v) is 15.8. The maximum absolute atomic E-state index is 6.41. The van der Waals surface area contributed by atoms with Gasteiger partial charge in [-0.3, -0.25) is 0 Å². The second kappa shape index (κ2) is 10.6. The van der Waals surface area contributed by atoms with Crippen molar-refractivity contribution in [2.75, 3.05) is 26.2 Å². The van der Waals surface area contributed by atoms with Crippen LogP contribution in [0.3, 0.4) is 0 Å². The number of benzene rings is 1. The molecule has 0 aliphatic heterocycles. The lowest BCUT2D eigenvalue weighted by atomic mass is 10.0. The van der Waals surface area contributed by atoms with Gasteiger partial charge in [-0.15, -0.1) is 0 Å². The first-order valence-corrected chi connectivity index (χ1v) is 9.20. The van der Waals surface area contributed by atoms with Crippen molar-refractivity contribution in [3.8, 4) is 0 Å². The summed E-state index contributed by atoms with van der Waals surface area (Å²) >= 11 is 9.88. The molecule has 0 aliphatic carbocycles. The molecular weight excluding hydrogens is 348 g/mol. The van der Waals surface area contributed by atoms with E-state index in [2.05, 4.69) is 59.1 Å². The van der Waals surface area contributed by atoms with Gasteiger partial charge in [0.15, 0.2) is 0 Å². The van der Waals surface area contributed by atoms with Crippen LogP contribution in [-0.2, 0) is 0 Å². The Bertz CT molecular complexity index is 412. The standard InChI is InChI=1S/C17H28BrClN2/c1-4-7-11-21(6-3)12-10-17(20-5-2)15-9-8-14(18)13-16(15)19/h8-9,13,17,20H,4-7,10-12H2,1-3H3. The van der Waals surface area contributed by atoms with Crippen LogP contribution in [0.15, 0.2) is 22.7 Å². The van der Waals surface area contributed by atoms with Crippen molar-refractivity contribution in [1.29, 1.82) is 0 Å². The number of rotatable bonds is 10. The molecule has 0 bridgehead atoms. The summed E-state index contributed by atoms with van der Waals surface area (Å²) in [5, 5.41) is 4.41. The molecule has 1 rings (SSSR count). The van der Waals surface area contributed by atoms with Gasteiger partial charge in [0.2, 0.25) is 0 Å². The second-order valence-electron chi connectivity index (χ2n) is 5.35. The molecule has 1 unspecified atom stereocenters. The number of hydrogen-bond donors (Lipinski definition) is 1. The van der Waals surface area contributed by atoms with E-state index in [0.29, 0.717) is 6.04 Å². The normalized spacial score (nSPS) is 12.9. The minimum atomic E-state index is 0.325. The molecule has 21 heavy (non-hydrogen) atoms. The quantitative estimate of drug-likeness (QED) is 0.599. The molecule has 1 aromatic carbocycles. The first-order valence-electron chi connectivity index (χ1n) is 8.03. The summed E-state index contributed by atoms with van der Waals surface area (Å²) in [5.41, 5.74) is 1.20. The number of hydrogen-bond acceptors (Lipinski definition) is 2. The molecule has 0 spiro atoms. The molecule has 0 saturated heterocycles. The summed E-state index contributed by atoms with van der Waals surface area (Å²) in [4.78, 5) is 2.53. The van der Waals surface area contributed by atoms with Crippen LogP contribution in [0.2, 0.25) is 5.02 Å². The van der Waals surface area contributed by atoms with Crippen molar-refractivity contribution in [3.63, 3.8) is 0 Å². The van der Waals surface area contributed by atoms with Crippen molar-refractivity contribution in [2.24, 2.45) is 0 Å². The second-order valence-corrected chi connectivity index (χ2v) is 6.68. The molecule has 0 saturated carbocycles. The fourth-order valence-corrected chi connectivity index (χ4v) is 3.32. The van der Waals surface area contributed by atoms with Gasteiger partial charge in [-0.1, -0.05) is 60.8 Å². The first-order chi connectivity index (χ1) is 10.1. The minimum Gasteiger partial charge on any atom is -0.310 e. The largest absolute Gasteiger partial charge is 0.310 e. The predicted molar refractivity (Wildman–Crippen MR) is 97.2 cm³/mol. The molecule has 0 radical (unpaired) electrons. The van der Waals surface area contributed by atoms with E-state index in [-0.39, 0.29) is 0 Å². The fraction of sp³-hybridized carbons (Fsp3) is 0.647. The molecule has 0 aromatic heterocycles. The molecule has 4 heteroatoms. The molecule has 0 fully saturated rings.